The Bertz CT molecular complexity index is 344. The van der Waals surface area contributed by atoms with Gasteiger partial charge in [-0.05, 0) is 42.7 Å². The van der Waals surface area contributed by atoms with Crippen LogP contribution in [0, 0.1) is 5.92 Å². The molecule has 0 radical (unpaired) electrons. The number of allylic oxidation sites excluding steroid dienone is 2. The van der Waals surface area contributed by atoms with E-state index in [1.807, 2.05) is 0 Å². The predicted octanol–water partition coefficient (Wildman–Crippen LogP) is 4.67. The van der Waals surface area contributed by atoms with Crippen LogP contribution in [0.15, 0.2) is 35.9 Å². The summed E-state index contributed by atoms with van der Waals surface area (Å²) in [6, 6.07) is 10.9. The van der Waals surface area contributed by atoms with Crippen LogP contribution in [0.2, 0.25) is 0 Å². The quantitative estimate of drug-likeness (QED) is 0.650. The Morgan fingerprint density at radius 3 is 2.27 bits per heavy atom. The standard InChI is InChI=1S/C15H20/c1-12(2)14-10-6-7-11-15(14)13-8-4-3-5-9-13/h3-5,8-9,12H,6-7,10-11H2,1-2H3. The van der Waals surface area contributed by atoms with Crippen LogP contribution in [0.5, 0.6) is 0 Å². The van der Waals surface area contributed by atoms with Crippen molar-refractivity contribution < 1.29 is 0 Å². The van der Waals surface area contributed by atoms with Gasteiger partial charge in [0.2, 0.25) is 0 Å². The van der Waals surface area contributed by atoms with Crippen molar-refractivity contribution >= 4 is 5.57 Å². The van der Waals surface area contributed by atoms with Crippen molar-refractivity contribution in [1.29, 1.82) is 0 Å². The molecule has 2 rings (SSSR count). The van der Waals surface area contributed by atoms with E-state index in [-0.39, 0.29) is 0 Å². The molecule has 0 N–H and O–H groups in total. The van der Waals surface area contributed by atoms with Crippen molar-refractivity contribution in [1.82, 2.24) is 0 Å². The molecule has 0 amide bonds. The molecule has 0 saturated heterocycles. The molecule has 1 aromatic carbocycles. The Labute approximate surface area is 93.0 Å². The zero-order chi connectivity index (χ0) is 10.7. The molecule has 1 aliphatic carbocycles. The second-order valence-electron chi connectivity index (χ2n) is 4.73. The summed E-state index contributed by atoms with van der Waals surface area (Å²) >= 11 is 0. The Morgan fingerprint density at radius 2 is 1.60 bits per heavy atom. The molecule has 0 atom stereocenters. The summed E-state index contributed by atoms with van der Waals surface area (Å²) in [5.41, 5.74) is 4.75. The first kappa shape index (κ1) is 10.5. The highest BCUT2D eigenvalue weighted by Gasteiger charge is 2.16. The summed E-state index contributed by atoms with van der Waals surface area (Å²) in [7, 11) is 0. The van der Waals surface area contributed by atoms with Gasteiger partial charge in [-0.15, -0.1) is 0 Å². The van der Waals surface area contributed by atoms with Gasteiger partial charge in [0.05, 0.1) is 0 Å². The molecule has 0 aromatic heterocycles. The lowest BCUT2D eigenvalue weighted by molar-refractivity contribution is 0.631. The van der Waals surface area contributed by atoms with E-state index in [1.165, 1.54) is 31.2 Å². The molecule has 0 aliphatic heterocycles. The van der Waals surface area contributed by atoms with Gasteiger partial charge < -0.3 is 0 Å². The molecule has 15 heavy (non-hydrogen) atoms. The van der Waals surface area contributed by atoms with E-state index < -0.39 is 0 Å². The summed E-state index contributed by atoms with van der Waals surface area (Å²) in [6.45, 7) is 4.65. The summed E-state index contributed by atoms with van der Waals surface area (Å²) < 4.78 is 0. The molecule has 0 spiro atoms. The SMILES string of the molecule is CC(C)C1=C(c2ccccc2)CCCC1. The van der Waals surface area contributed by atoms with Crippen LogP contribution in [-0.2, 0) is 0 Å². The minimum atomic E-state index is 0.709. The molecular formula is C15H20. The summed E-state index contributed by atoms with van der Waals surface area (Å²) in [5.74, 6) is 0.709. The van der Waals surface area contributed by atoms with Gasteiger partial charge >= 0.3 is 0 Å². The fourth-order valence-corrected chi connectivity index (χ4v) is 2.53. The van der Waals surface area contributed by atoms with E-state index in [4.69, 9.17) is 0 Å². The maximum Gasteiger partial charge on any atom is -0.0225 e. The van der Waals surface area contributed by atoms with Crippen LogP contribution >= 0.6 is 0 Å². The first-order valence-electron chi connectivity index (χ1n) is 6.06. The average Bonchev–Trinajstić information content (AvgIpc) is 2.30. The Hall–Kier alpha value is -1.04. The second kappa shape index (κ2) is 4.65. The summed E-state index contributed by atoms with van der Waals surface area (Å²) in [6.07, 6.45) is 5.32. The summed E-state index contributed by atoms with van der Waals surface area (Å²) in [5, 5.41) is 0. The van der Waals surface area contributed by atoms with Crippen LogP contribution in [0.25, 0.3) is 5.57 Å². The van der Waals surface area contributed by atoms with Crippen molar-refractivity contribution in [3.05, 3.63) is 41.5 Å². The first-order valence-corrected chi connectivity index (χ1v) is 6.06. The lowest BCUT2D eigenvalue weighted by Gasteiger charge is -2.23. The van der Waals surface area contributed by atoms with Crippen molar-refractivity contribution in [2.24, 2.45) is 5.92 Å². The van der Waals surface area contributed by atoms with Gasteiger partial charge in [0, 0.05) is 0 Å². The third kappa shape index (κ3) is 2.31. The van der Waals surface area contributed by atoms with E-state index in [9.17, 15) is 0 Å². The molecule has 80 valence electrons. The number of benzene rings is 1. The third-order valence-electron chi connectivity index (χ3n) is 3.33. The van der Waals surface area contributed by atoms with Gasteiger partial charge in [-0.25, -0.2) is 0 Å². The van der Waals surface area contributed by atoms with Crippen molar-refractivity contribution in [3.8, 4) is 0 Å². The van der Waals surface area contributed by atoms with Crippen LogP contribution in [-0.4, -0.2) is 0 Å². The number of hydrogen-bond donors (Lipinski definition) is 0. The first-order chi connectivity index (χ1) is 7.29. The predicted molar refractivity (Wildman–Crippen MR) is 66.7 cm³/mol. The van der Waals surface area contributed by atoms with E-state index >= 15 is 0 Å². The molecule has 0 unspecified atom stereocenters. The molecule has 1 aliphatic rings. The van der Waals surface area contributed by atoms with E-state index in [0.717, 1.165) is 0 Å². The normalized spacial score (nSPS) is 17.3. The largest absolute Gasteiger partial charge is 0.0639 e. The topological polar surface area (TPSA) is 0 Å². The Kier molecular flexibility index (Phi) is 3.25. The van der Waals surface area contributed by atoms with Gasteiger partial charge in [-0.2, -0.15) is 0 Å². The highest BCUT2D eigenvalue weighted by Crippen LogP contribution is 2.35. The molecule has 0 fully saturated rings. The zero-order valence-electron chi connectivity index (χ0n) is 9.79. The highest BCUT2D eigenvalue weighted by atomic mass is 14.2. The van der Waals surface area contributed by atoms with Crippen molar-refractivity contribution in [3.63, 3.8) is 0 Å². The number of hydrogen-bond acceptors (Lipinski definition) is 0. The summed E-state index contributed by atoms with van der Waals surface area (Å²) in [4.78, 5) is 0. The fourth-order valence-electron chi connectivity index (χ4n) is 2.53. The Morgan fingerprint density at radius 1 is 0.933 bits per heavy atom. The van der Waals surface area contributed by atoms with Crippen LogP contribution in [0.3, 0.4) is 0 Å². The average molecular weight is 200 g/mol. The third-order valence-corrected chi connectivity index (χ3v) is 3.33. The van der Waals surface area contributed by atoms with Gasteiger partial charge in [-0.1, -0.05) is 49.8 Å². The molecule has 0 saturated carbocycles. The lowest BCUT2D eigenvalue weighted by atomic mass is 9.82. The van der Waals surface area contributed by atoms with Crippen LogP contribution < -0.4 is 0 Å². The monoisotopic (exact) mass is 200 g/mol. The van der Waals surface area contributed by atoms with E-state index in [2.05, 4.69) is 44.2 Å². The minimum absolute atomic E-state index is 0.709. The van der Waals surface area contributed by atoms with Crippen LogP contribution in [0.4, 0.5) is 0 Å². The Balaban J connectivity index is 2.39. The molecule has 0 heteroatoms. The lowest BCUT2D eigenvalue weighted by Crippen LogP contribution is -2.04. The smallest absolute Gasteiger partial charge is 0.0225 e. The maximum absolute atomic E-state index is 2.32. The van der Waals surface area contributed by atoms with Gasteiger partial charge in [0.15, 0.2) is 0 Å². The van der Waals surface area contributed by atoms with Crippen molar-refractivity contribution in [2.75, 3.05) is 0 Å². The minimum Gasteiger partial charge on any atom is -0.0639 e. The zero-order valence-corrected chi connectivity index (χ0v) is 9.79. The van der Waals surface area contributed by atoms with E-state index in [0.29, 0.717) is 5.92 Å². The van der Waals surface area contributed by atoms with E-state index in [1.54, 1.807) is 11.1 Å². The van der Waals surface area contributed by atoms with Gasteiger partial charge in [0.25, 0.3) is 0 Å². The number of rotatable bonds is 2. The van der Waals surface area contributed by atoms with Gasteiger partial charge in [0.1, 0.15) is 0 Å². The molecular weight excluding hydrogens is 180 g/mol. The molecule has 1 aromatic rings. The van der Waals surface area contributed by atoms with Gasteiger partial charge in [-0.3, -0.25) is 0 Å². The van der Waals surface area contributed by atoms with Crippen LogP contribution in [0.1, 0.15) is 45.1 Å². The maximum atomic E-state index is 2.32. The molecule has 0 nitrogen and oxygen atoms in total. The molecule has 0 heterocycles. The fraction of sp³-hybridized carbons (Fsp3) is 0.467. The second-order valence-corrected chi connectivity index (χ2v) is 4.73. The molecule has 0 bridgehead atoms. The van der Waals surface area contributed by atoms with Crippen molar-refractivity contribution in [2.45, 2.75) is 39.5 Å². The highest BCUT2D eigenvalue weighted by molar-refractivity contribution is 5.69.